The van der Waals surface area contributed by atoms with Crippen LogP contribution in [0.4, 0.5) is 4.39 Å². The van der Waals surface area contributed by atoms with Crippen LogP contribution in [0, 0.1) is 5.82 Å². The Balaban J connectivity index is 1.82. The van der Waals surface area contributed by atoms with Gasteiger partial charge in [-0.3, -0.25) is 9.69 Å². The van der Waals surface area contributed by atoms with Gasteiger partial charge < -0.3 is 0 Å². The third-order valence-electron chi connectivity index (χ3n) is 4.24. The summed E-state index contributed by atoms with van der Waals surface area (Å²) in [4.78, 5) is 14.4. The molecule has 0 spiro atoms. The molecule has 0 bridgehead atoms. The molecule has 1 amide bonds. The maximum atomic E-state index is 13.1. The van der Waals surface area contributed by atoms with E-state index >= 15 is 0 Å². The molecule has 144 valence electrons. The monoisotopic (exact) mass is 415 g/mol. The lowest BCUT2D eigenvalue weighted by Crippen LogP contribution is -2.32. The van der Waals surface area contributed by atoms with Gasteiger partial charge in [0.05, 0.1) is 11.0 Å². The van der Waals surface area contributed by atoms with Crippen molar-refractivity contribution in [2.24, 2.45) is 10.2 Å². The van der Waals surface area contributed by atoms with Crippen LogP contribution in [0.5, 0.6) is 0 Å². The van der Waals surface area contributed by atoms with Crippen LogP contribution < -0.4 is 0 Å². The molecule has 1 heterocycles. The van der Waals surface area contributed by atoms with Crippen molar-refractivity contribution in [2.75, 3.05) is 6.54 Å². The van der Waals surface area contributed by atoms with Crippen molar-refractivity contribution in [2.45, 2.75) is 18.6 Å². The lowest BCUT2D eigenvalue weighted by Gasteiger charge is -2.13. The van der Waals surface area contributed by atoms with E-state index in [1.54, 1.807) is 30.0 Å². The number of hydrogen-bond acceptors (Lipinski definition) is 4. The van der Waals surface area contributed by atoms with Crippen molar-refractivity contribution in [3.63, 3.8) is 0 Å². The van der Waals surface area contributed by atoms with Gasteiger partial charge >= 0.3 is 0 Å². The number of carbonyl (C=O) groups excluding carboxylic acids is 1. The molecule has 0 saturated carbocycles. The molecule has 28 heavy (non-hydrogen) atoms. The second-order valence-corrected chi connectivity index (χ2v) is 7.79. The Morgan fingerprint density at radius 3 is 2.68 bits per heavy atom. The van der Waals surface area contributed by atoms with E-state index in [9.17, 15) is 9.18 Å². The van der Waals surface area contributed by atoms with Gasteiger partial charge in [-0.2, -0.15) is 5.10 Å². The highest BCUT2D eigenvalue weighted by molar-refractivity contribution is 8.15. The second-order valence-electron chi connectivity index (χ2n) is 6.21. The first-order valence-corrected chi connectivity index (χ1v) is 9.96. The van der Waals surface area contributed by atoms with Crippen molar-refractivity contribution in [3.05, 3.63) is 83.2 Å². The van der Waals surface area contributed by atoms with Crippen molar-refractivity contribution in [1.29, 1.82) is 0 Å². The maximum Gasteiger partial charge on any atom is 0.242 e. The number of halogens is 2. The highest BCUT2D eigenvalue weighted by Gasteiger charge is 2.37. The van der Waals surface area contributed by atoms with E-state index in [2.05, 4.69) is 16.8 Å². The van der Waals surface area contributed by atoms with Gasteiger partial charge in [-0.15, -0.1) is 11.7 Å². The largest absolute Gasteiger partial charge is 0.285 e. The van der Waals surface area contributed by atoms with Crippen LogP contribution in [0.2, 0.25) is 5.02 Å². The molecule has 1 unspecified atom stereocenters. The van der Waals surface area contributed by atoms with Crippen LogP contribution in [0.25, 0.3) is 0 Å². The fourth-order valence-corrected chi connectivity index (χ4v) is 4.08. The number of hydrogen-bond donors (Lipinski definition) is 0. The zero-order valence-corrected chi connectivity index (χ0v) is 16.9. The molecule has 7 heteroatoms. The molecular weight excluding hydrogens is 397 g/mol. The van der Waals surface area contributed by atoms with Crippen LogP contribution in [-0.4, -0.2) is 33.5 Å². The van der Waals surface area contributed by atoms with E-state index in [0.717, 1.165) is 11.1 Å². The predicted molar refractivity (Wildman–Crippen MR) is 114 cm³/mol. The SMILES string of the molecule is C=CCN1C(=O)C(Cc2ccccc2Cl)S/C1=N\N=C(/C)c1ccc(F)cc1. The van der Waals surface area contributed by atoms with E-state index in [0.29, 0.717) is 28.9 Å². The summed E-state index contributed by atoms with van der Waals surface area (Å²) in [5.41, 5.74) is 2.32. The molecule has 1 fully saturated rings. The standard InChI is InChI=1S/C21H19ClFN3OS/c1-3-12-26-20(27)19(13-16-6-4-5-7-18(16)22)28-21(26)25-24-14(2)15-8-10-17(23)11-9-15/h3-11,19H,1,12-13H2,2H3/b24-14+,25-21-. The Labute approximate surface area is 172 Å². The predicted octanol–water partition coefficient (Wildman–Crippen LogP) is 4.93. The van der Waals surface area contributed by atoms with E-state index in [1.807, 2.05) is 24.3 Å². The molecule has 0 radical (unpaired) electrons. The van der Waals surface area contributed by atoms with Crippen molar-refractivity contribution in [1.82, 2.24) is 4.90 Å². The number of thioether (sulfide) groups is 1. The van der Waals surface area contributed by atoms with Gasteiger partial charge in [0, 0.05) is 11.6 Å². The molecule has 0 N–H and O–H groups in total. The second kappa shape index (κ2) is 9.17. The molecule has 3 rings (SSSR count). The fourth-order valence-electron chi connectivity index (χ4n) is 2.74. The summed E-state index contributed by atoms with van der Waals surface area (Å²) in [7, 11) is 0. The molecule has 2 aromatic rings. The molecule has 0 aromatic heterocycles. The lowest BCUT2D eigenvalue weighted by atomic mass is 10.1. The summed E-state index contributed by atoms with van der Waals surface area (Å²) < 4.78 is 13.1. The number of rotatable bonds is 6. The summed E-state index contributed by atoms with van der Waals surface area (Å²) in [5.74, 6) is -0.349. The Hall–Kier alpha value is -2.44. The summed E-state index contributed by atoms with van der Waals surface area (Å²) in [6.45, 7) is 5.86. The number of nitrogens with zero attached hydrogens (tertiary/aromatic N) is 3. The van der Waals surface area contributed by atoms with Gasteiger partial charge in [0.25, 0.3) is 0 Å². The van der Waals surface area contributed by atoms with Gasteiger partial charge in [-0.25, -0.2) is 4.39 Å². The summed E-state index contributed by atoms with van der Waals surface area (Å²) in [6, 6.07) is 13.5. The van der Waals surface area contributed by atoms with Gasteiger partial charge in [-0.1, -0.05) is 59.8 Å². The van der Waals surface area contributed by atoms with Crippen LogP contribution in [-0.2, 0) is 11.2 Å². The van der Waals surface area contributed by atoms with Crippen molar-refractivity contribution < 1.29 is 9.18 Å². The third kappa shape index (κ3) is 4.69. The minimum absolute atomic E-state index is 0.0433. The van der Waals surface area contributed by atoms with E-state index < -0.39 is 0 Å². The molecule has 1 atom stereocenters. The van der Waals surface area contributed by atoms with Crippen LogP contribution in [0.3, 0.4) is 0 Å². The van der Waals surface area contributed by atoms with Crippen LogP contribution >= 0.6 is 23.4 Å². The summed E-state index contributed by atoms with van der Waals surface area (Å²) >= 11 is 7.60. The molecule has 1 saturated heterocycles. The van der Waals surface area contributed by atoms with Gasteiger partial charge in [0.15, 0.2) is 5.17 Å². The van der Waals surface area contributed by atoms with E-state index in [1.165, 1.54) is 23.9 Å². The number of carbonyl (C=O) groups is 1. The molecular formula is C21H19ClFN3OS. The van der Waals surface area contributed by atoms with Gasteiger partial charge in [0.2, 0.25) is 5.91 Å². The number of benzene rings is 2. The molecule has 0 aliphatic carbocycles. The van der Waals surface area contributed by atoms with E-state index in [-0.39, 0.29) is 17.0 Å². The van der Waals surface area contributed by atoms with Crippen LogP contribution in [0.15, 0.2) is 71.4 Å². The quantitative estimate of drug-likeness (QED) is 0.381. The molecule has 4 nitrogen and oxygen atoms in total. The molecule has 1 aliphatic heterocycles. The van der Waals surface area contributed by atoms with Gasteiger partial charge in [0.1, 0.15) is 5.82 Å². The first-order valence-electron chi connectivity index (χ1n) is 8.70. The van der Waals surface area contributed by atoms with Crippen molar-refractivity contribution >= 4 is 40.1 Å². The lowest BCUT2D eigenvalue weighted by molar-refractivity contribution is -0.125. The highest BCUT2D eigenvalue weighted by Crippen LogP contribution is 2.31. The normalized spacial score (nSPS) is 18.8. The Morgan fingerprint density at radius 1 is 1.29 bits per heavy atom. The maximum absolute atomic E-state index is 13.1. The average Bonchev–Trinajstić information content (AvgIpc) is 2.98. The average molecular weight is 416 g/mol. The molecule has 1 aliphatic rings. The highest BCUT2D eigenvalue weighted by atomic mass is 35.5. The van der Waals surface area contributed by atoms with Gasteiger partial charge in [-0.05, 0) is 42.7 Å². The first kappa shape index (κ1) is 20.3. The third-order valence-corrected chi connectivity index (χ3v) is 5.78. The fraction of sp³-hybridized carbons (Fsp3) is 0.190. The topological polar surface area (TPSA) is 45.0 Å². The Kier molecular flexibility index (Phi) is 6.65. The Bertz CT molecular complexity index is 943. The zero-order chi connectivity index (χ0) is 20.1. The summed E-state index contributed by atoms with van der Waals surface area (Å²) in [6.07, 6.45) is 2.17. The first-order chi connectivity index (χ1) is 13.5. The molecule has 2 aromatic carbocycles. The summed E-state index contributed by atoms with van der Waals surface area (Å²) in [5, 5.41) is 9.36. The minimum Gasteiger partial charge on any atom is -0.285 e. The van der Waals surface area contributed by atoms with Crippen LogP contribution in [0.1, 0.15) is 18.1 Å². The number of amidine groups is 1. The van der Waals surface area contributed by atoms with E-state index in [4.69, 9.17) is 11.6 Å². The van der Waals surface area contributed by atoms with Crippen molar-refractivity contribution in [3.8, 4) is 0 Å². The Morgan fingerprint density at radius 2 is 2.00 bits per heavy atom. The smallest absolute Gasteiger partial charge is 0.242 e. The minimum atomic E-state index is -0.320. The number of amides is 1. The zero-order valence-electron chi connectivity index (χ0n) is 15.3.